The molecular weight excluding hydrogens is 573 g/mol. The first-order valence-corrected chi connectivity index (χ1v) is 21.5. The Morgan fingerprint density at radius 3 is 1.95 bits per heavy atom. The van der Waals surface area contributed by atoms with Crippen LogP contribution in [0.2, 0.25) is 36.3 Å². The molecule has 1 N–H and O–H groups in total. The normalized spacial score (nSPS) is 18.5. The van der Waals surface area contributed by atoms with Gasteiger partial charge in [0, 0.05) is 18.2 Å². The third-order valence-electron chi connectivity index (χ3n) is 10.1. The highest BCUT2D eigenvalue weighted by Crippen LogP contribution is 2.46. The van der Waals surface area contributed by atoms with Crippen LogP contribution < -0.4 is 9.74 Å². The molecule has 1 heterocycles. The summed E-state index contributed by atoms with van der Waals surface area (Å²) in [6, 6.07) is 20.3. The molecule has 0 unspecified atom stereocenters. The summed E-state index contributed by atoms with van der Waals surface area (Å²) in [6.45, 7) is 23.3. The van der Waals surface area contributed by atoms with Crippen LogP contribution in [0.5, 0.6) is 5.75 Å². The van der Waals surface area contributed by atoms with Crippen molar-refractivity contribution < 1.29 is 17.6 Å². The largest absolute Gasteiger partial charge is 0.544 e. The summed E-state index contributed by atoms with van der Waals surface area (Å²) in [4.78, 5) is 0. The molecule has 43 heavy (non-hydrogen) atoms. The van der Waals surface area contributed by atoms with Crippen molar-refractivity contribution in [2.75, 3.05) is 11.9 Å². The first kappa shape index (κ1) is 33.4. The monoisotopic (exact) mass is 623 g/mol. The predicted molar refractivity (Wildman–Crippen MR) is 181 cm³/mol. The maximum Gasteiger partial charge on any atom is 0.250 e. The van der Waals surface area contributed by atoms with Gasteiger partial charge in [-0.1, -0.05) is 65.8 Å². The minimum absolute atomic E-state index is 0.0237. The Morgan fingerprint density at radius 2 is 1.37 bits per heavy atom. The van der Waals surface area contributed by atoms with Gasteiger partial charge in [-0.25, -0.2) is 8.78 Å². The second-order valence-electron chi connectivity index (χ2n) is 15.3. The molecule has 0 aromatic heterocycles. The molecule has 1 aliphatic heterocycles. The first-order valence-electron chi connectivity index (χ1n) is 15.6. The molecule has 0 bridgehead atoms. The van der Waals surface area contributed by atoms with Crippen LogP contribution in [0.4, 0.5) is 14.5 Å². The maximum absolute atomic E-state index is 14.6. The molecule has 3 aromatic carbocycles. The van der Waals surface area contributed by atoms with Gasteiger partial charge in [0.25, 0.3) is 0 Å². The number of nitrogens with one attached hydrogen (secondary N) is 1. The fourth-order valence-corrected chi connectivity index (χ4v) is 7.70. The average molecular weight is 624 g/mol. The summed E-state index contributed by atoms with van der Waals surface area (Å²) in [5.41, 5.74) is 4.13. The van der Waals surface area contributed by atoms with Gasteiger partial charge in [0.1, 0.15) is 17.4 Å². The van der Waals surface area contributed by atoms with Crippen molar-refractivity contribution in [3.05, 3.63) is 95.1 Å². The van der Waals surface area contributed by atoms with Crippen molar-refractivity contribution >= 4 is 22.3 Å². The number of anilines is 1. The van der Waals surface area contributed by atoms with Gasteiger partial charge in [-0.3, -0.25) is 0 Å². The van der Waals surface area contributed by atoms with Gasteiger partial charge in [-0.2, -0.15) is 0 Å². The van der Waals surface area contributed by atoms with Gasteiger partial charge in [0.05, 0.1) is 6.10 Å². The van der Waals surface area contributed by atoms with Gasteiger partial charge < -0.3 is 14.2 Å². The van der Waals surface area contributed by atoms with E-state index >= 15 is 0 Å². The first-order chi connectivity index (χ1) is 19.9. The third-order valence-corrected chi connectivity index (χ3v) is 18.9. The molecule has 234 valence electrons. The van der Waals surface area contributed by atoms with Gasteiger partial charge in [0.2, 0.25) is 8.32 Å². The van der Waals surface area contributed by atoms with E-state index in [0.717, 1.165) is 47.5 Å². The molecule has 0 saturated heterocycles. The van der Waals surface area contributed by atoms with Crippen LogP contribution in [0.3, 0.4) is 0 Å². The molecule has 0 fully saturated rings. The Kier molecular flexibility index (Phi) is 9.70. The van der Waals surface area contributed by atoms with Crippen LogP contribution >= 0.6 is 0 Å². The van der Waals surface area contributed by atoms with E-state index in [9.17, 15) is 8.78 Å². The molecule has 0 radical (unpaired) electrons. The van der Waals surface area contributed by atoms with Crippen LogP contribution in [0.1, 0.15) is 83.1 Å². The molecule has 1 aliphatic rings. The van der Waals surface area contributed by atoms with E-state index in [4.69, 9.17) is 8.85 Å². The molecule has 4 rings (SSSR count). The summed E-state index contributed by atoms with van der Waals surface area (Å²) in [5.74, 6) is 0.656. The van der Waals surface area contributed by atoms with Crippen LogP contribution in [-0.4, -0.2) is 23.2 Å². The zero-order valence-electron chi connectivity index (χ0n) is 27.8. The molecule has 3 atom stereocenters. The highest BCUT2D eigenvalue weighted by atomic mass is 28.4. The number of rotatable bonds is 9. The van der Waals surface area contributed by atoms with Crippen molar-refractivity contribution in [2.45, 2.75) is 103 Å². The predicted octanol–water partition coefficient (Wildman–Crippen LogP) is 11.1. The van der Waals surface area contributed by atoms with E-state index in [0.29, 0.717) is 0 Å². The van der Waals surface area contributed by atoms with E-state index < -0.39 is 16.6 Å². The summed E-state index contributed by atoms with van der Waals surface area (Å²) >= 11 is 0. The van der Waals surface area contributed by atoms with Crippen molar-refractivity contribution in [1.29, 1.82) is 0 Å². The lowest BCUT2D eigenvalue weighted by atomic mass is 9.75. The number of benzene rings is 3. The highest BCUT2D eigenvalue weighted by Gasteiger charge is 2.41. The fraction of sp³-hybridized carbons (Fsp3) is 0.500. The van der Waals surface area contributed by atoms with Gasteiger partial charge in [0.15, 0.2) is 8.32 Å². The molecule has 3 aromatic rings. The van der Waals surface area contributed by atoms with Gasteiger partial charge in [-0.05, 0) is 114 Å². The number of hydrogen-bond acceptors (Lipinski definition) is 3. The number of fused-ring (bicyclic) bond motifs is 1. The Balaban J connectivity index is 1.64. The summed E-state index contributed by atoms with van der Waals surface area (Å²) in [6.07, 6.45) is 1.52. The zero-order valence-corrected chi connectivity index (χ0v) is 29.8. The van der Waals surface area contributed by atoms with Gasteiger partial charge >= 0.3 is 0 Å². The van der Waals surface area contributed by atoms with Crippen LogP contribution in [-0.2, 0) is 4.43 Å². The minimum atomic E-state index is -2.11. The van der Waals surface area contributed by atoms with Crippen molar-refractivity contribution in [3.63, 3.8) is 0 Å². The fourth-order valence-electron chi connectivity index (χ4n) is 5.35. The number of halogens is 2. The van der Waals surface area contributed by atoms with Gasteiger partial charge in [-0.15, -0.1) is 0 Å². The molecule has 7 heteroatoms. The van der Waals surface area contributed by atoms with E-state index in [2.05, 4.69) is 97.3 Å². The summed E-state index contributed by atoms with van der Waals surface area (Å²) < 4.78 is 42.0. The Morgan fingerprint density at radius 1 is 0.791 bits per heavy atom. The van der Waals surface area contributed by atoms with E-state index in [1.165, 1.54) is 18.2 Å². The van der Waals surface area contributed by atoms with Crippen LogP contribution in [0.25, 0.3) is 0 Å². The van der Waals surface area contributed by atoms with Crippen molar-refractivity contribution in [2.24, 2.45) is 5.92 Å². The Hall–Kier alpha value is -2.49. The van der Waals surface area contributed by atoms with E-state index in [1.54, 1.807) is 6.07 Å². The minimum Gasteiger partial charge on any atom is -0.544 e. The number of hydrogen-bond donors (Lipinski definition) is 1. The molecule has 0 aliphatic carbocycles. The van der Waals surface area contributed by atoms with Crippen molar-refractivity contribution in [1.82, 2.24) is 0 Å². The SMILES string of the molecule is CC(C)(C)[Si](C)(C)Oc1ccc([C@H]2c3cc(F)ccc3NC[C@@H]2CC[C@@H](O[Si](C)(C)C(C)(C)C)c2ccc(F)cc2)cc1. The lowest BCUT2D eigenvalue weighted by Gasteiger charge is -2.40. The second-order valence-corrected chi connectivity index (χ2v) is 24.8. The zero-order chi connectivity index (χ0) is 31.8. The van der Waals surface area contributed by atoms with Crippen molar-refractivity contribution in [3.8, 4) is 5.75 Å². The maximum atomic E-state index is 14.6. The average Bonchev–Trinajstić information content (AvgIpc) is 2.90. The Labute approximate surface area is 260 Å². The van der Waals surface area contributed by atoms with E-state index in [-0.39, 0.29) is 39.7 Å². The summed E-state index contributed by atoms with van der Waals surface area (Å²) in [7, 11) is -4.08. The van der Waals surface area contributed by atoms with E-state index in [1.807, 2.05) is 18.2 Å². The lowest BCUT2D eigenvalue weighted by molar-refractivity contribution is 0.162. The lowest BCUT2D eigenvalue weighted by Crippen LogP contribution is -2.43. The van der Waals surface area contributed by atoms with Crippen LogP contribution in [0.15, 0.2) is 66.7 Å². The second kappa shape index (κ2) is 12.5. The Bertz CT molecular complexity index is 1380. The molecule has 0 spiro atoms. The molecule has 0 saturated carbocycles. The molecular formula is C36H51F2NO2Si2. The topological polar surface area (TPSA) is 30.5 Å². The molecule has 3 nitrogen and oxygen atoms in total. The smallest absolute Gasteiger partial charge is 0.250 e. The molecule has 0 amide bonds. The van der Waals surface area contributed by atoms with Crippen LogP contribution in [0, 0.1) is 17.6 Å². The highest BCUT2D eigenvalue weighted by molar-refractivity contribution is 6.75. The summed E-state index contributed by atoms with van der Waals surface area (Å²) in [5, 5.41) is 3.73. The quantitative estimate of drug-likeness (QED) is 0.241. The third kappa shape index (κ3) is 7.79. The standard InChI is InChI=1S/C36H51F2NO2Si2/c1-35(2,3)42(7,8)40-30-19-13-26(14-20-30)34-27(24-39-32-21-18-29(38)23-31(32)34)15-22-33(25-11-16-28(37)17-12-25)41-43(9,10)36(4,5)6/h11-14,16-21,23,27,33-34,39H,15,22,24H2,1-10H3/t27-,33+,34+/m0/s1.